The van der Waals surface area contributed by atoms with Gasteiger partial charge < -0.3 is 16.0 Å². The van der Waals surface area contributed by atoms with Crippen LogP contribution in [0.3, 0.4) is 0 Å². The minimum atomic E-state index is -0.254. The van der Waals surface area contributed by atoms with Crippen LogP contribution in [0.15, 0.2) is 54.6 Å². The van der Waals surface area contributed by atoms with Crippen LogP contribution >= 0.6 is 0 Å². The van der Waals surface area contributed by atoms with Gasteiger partial charge in [-0.05, 0) is 49.9 Å². The van der Waals surface area contributed by atoms with Gasteiger partial charge in [0, 0.05) is 30.9 Å². The van der Waals surface area contributed by atoms with E-state index in [4.69, 9.17) is 0 Å². The number of benzene rings is 2. The summed E-state index contributed by atoms with van der Waals surface area (Å²) in [4.78, 5) is 26.5. The van der Waals surface area contributed by atoms with Gasteiger partial charge in [0.15, 0.2) is 0 Å². The number of rotatable bonds is 7. The fourth-order valence-corrected chi connectivity index (χ4v) is 3.66. The zero-order chi connectivity index (χ0) is 21.3. The Morgan fingerprint density at radius 1 is 1.07 bits per heavy atom. The first-order chi connectivity index (χ1) is 14.5. The number of para-hydroxylation sites is 1. The molecule has 0 radical (unpaired) electrons. The summed E-state index contributed by atoms with van der Waals surface area (Å²) in [5.41, 5.74) is 1.38. The second-order valence-corrected chi connectivity index (χ2v) is 7.78. The maximum atomic E-state index is 13.7. The van der Waals surface area contributed by atoms with E-state index >= 15 is 0 Å². The average Bonchev–Trinajstić information content (AvgIpc) is 2.72. The molecule has 0 aliphatic carbocycles. The van der Waals surface area contributed by atoms with Crippen molar-refractivity contribution in [2.45, 2.75) is 38.3 Å². The Labute approximate surface area is 176 Å². The number of anilines is 1. The summed E-state index contributed by atoms with van der Waals surface area (Å²) < 4.78 is 13.7. The Morgan fingerprint density at radius 3 is 2.43 bits per heavy atom. The molecule has 1 aliphatic rings. The Hall–Kier alpha value is -2.93. The molecule has 30 heavy (non-hydrogen) atoms. The second-order valence-electron chi connectivity index (χ2n) is 7.78. The summed E-state index contributed by atoms with van der Waals surface area (Å²) >= 11 is 0. The van der Waals surface area contributed by atoms with Crippen molar-refractivity contribution < 1.29 is 14.0 Å². The van der Waals surface area contributed by atoms with E-state index in [0.717, 1.165) is 31.6 Å². The first-order valence-corrected chi connectivity index (χ1v) is 10.4. The van der Waals surface area contributed by atoms with E-state index in [-0.39, 0.29) is 29.8 Å². The first-order valence-electron chi connectivity index (χ1n) is 10.4. The molecule has 0 spiro atoms. The van der Waals surface area contributed by atoms with Crippen LogP contribution in [0.5, 0.6) is 0 Å². The summed E-state index contributed by atoms with van der Waals surface area (Å²) in [5.74, 6) is -0.289. The van der Waals surface area contributed by atoms with Crippen LogP contribution < -0.4 is 16.0 Å². The zero-order valence-electron chi connectivity index (χ0n) is 17.2. The molecule has 3 amide bonds. The van der Waals surface area contributed by atoms with Crippen LogP contribution in [0.1, 0.15) is 25.3 Å². The molecule has 6 nitrogen and oxygen atoms in total. The minimum absolute atomic E-state index is 0.0349. The summed E-state index contributed by atoms with van der Waals surface area (Å²) in [5, 5.41) is 8.76. The molecule has 1 atom stereocenters. The minimum Gasteiger partial charge on any atom is -0.335 e. The molecule has 7 heteroatoms. The van der Waals surface area contributed by atoms with E-state index in [1.807, 2.05) is 37.3 Å². The maximum absolute atomic E-state index is 13.7. The Balaban J connectivity index is 1.35. The third-order valence-corrected chi connectivity index (χ3v) is 5.21. The highest BCUT2D eigenvalue weighted by Crippen LogP contribution is 2.12. The van der Waals surface area contributed by atoms with Crippen LogP contribution in [0.25, 0.3) is 0 Å². The van der Waals surface area contributed by atoms with E-state index in [0.29, 0.717) is 18.5 Å². The molecule has 0 bridgehead atoms. The molecular formula is C23H29FN4O2. The number of urea groups is 1. The molecule has 2 aromatic rings. The number of hydrogen-bond acceptors (Lipinski definition) is 3. The van der Waals surface area contributed by atoms with Crippen molar-refractivity contribution in [1.82, 2.24) is 15.5 Å². The van der Waals surface area contributed by atoms with Gasteiger partial charge in [0.25, 0.3) is 0 Å². The first kappa shape index (κ1) is 21.8. The van der Waals surface area contributed by atoms with Gasteiger partial charge in [-0.15, -0.1) is 0 Å². The normalized spacial score (nSPS) is 15.9. The Morgan fingerprint density at radius 2 is 1.73 bits per heavy atom. The van der Waals surface area contributed by atoms with E-state index < -0.39 is 0 Å². The number of piperidine rings is 1. The monoisotopic (exact) mass is 412 g/mol. The molecule has 1 unspecified atom stereocenters. The number of carbonyl (C=O) groups excluding carboxylic acids is 2. The lowest BCUT2D eigenvalue weighted by Gasteiger charge is -2.32. The van der Waals surface area contributed by atoms with Crippen LogP contribution in [-0.4, -0.2) is 48.6 Å². The van der Waals surface area contributed by atoms with Crippen molar-refractivity contribution >= 4 is 17.6 Å². The zero-order valence-corrected chi connectivity index (χ0v) is 17.2. The predicted molar refractivity (Wildman–Crippen MR) is 116 cm³/mol. The summed E-state index contributed by atoms with van der Waals surface area (Å²) in [6.07, 6.45) is 2.01. The molecule has 1 aliphatic heterocycles. The van der Waals surface area contributed by atoms with Gasteiger partial charge in [-0.2, -0.15) is 0 Å². The molecule has 3 rings (SSSR count). The maximum Gasteiger partial charge on any atom is 0.315 e. The highest BCUT2D eigenvalue weighted by molar-refractivity contribution is 5.92. The summed E-state index contributed by atoms with van der Waals surface area (Å²) in [6.45, 7) is 3.70. The van der Waals surface area contributed by atoms with E-state index in [2.05, 4.69) is 20.9 Å². The number of likely N-dealkylation sites (tertiary alicyclic amines) is 1. The quantitative estimate of drug-likeness (QED) is 0.654. The van der Waals surface area contributed by atoms with Gasteiger partial charge in [-0.3, -0.25) is 9.69 Å². The fourth-order valence-electron chi connectivity index (χ4n) is 3.66. The van der Waals surface area contributed by atoms with Gasteiger partial charge in [-0.25, -0.2) is 9.18 Å². The molecule has 2 aromatic carbocycles. The van der Waals surface area contributed by atoms with Crippen LogP contribution in [-0.2, 0) is 11.2 Å². The van der Waals surface area contributed by atoms with E-state index in [9.17, 15) is 14.0 Å². The number of carbonyl (C=O) groups is 2. The summed E-state index contributed by atoms with van der Waals surface area (Å²) in [6, 6.07) is 15.7. The molecule has 1 heterocycles. The standard InChI is InChI=1S/C23H29FN4O2/c1-17(15-18-7-5-6-10-21(18)24)25-23(30)27-20-11-13-28(14-12-20)16-22(29)26-19-8-3-2-4-9-19/h2-10,17,20H,11-16H2,1H3,(H,26,29)(H2,25,27,30). The number of halogens is 1. The SMILES string of the molecule is CC(Cc1ccccc1F)NC(=O)NC1CCN(CC(=O)Nc2ccccc2)CC1. The van der Waals surface area contributed by atoms with E-state index in [1.165, 1.54) is 6.07 Å². The van der Waals surface area contributed by atoms with Crippen LogP contribution in [0, 0.1) is 5.82 Å². The van der Waals surface area contributed by atoms with Gasteiger partial charge >= 0.3 is 6.03 Å². The smallest absolute Gasteiger partial charge is 0.315 e. The van der Waals surface area contributed by atoms with Crippen molar-refractivity contribution in [3.63, 3.8) is 0 Å². The molecular weight excluding hydrogens is 383 g/mol. The topological polar surface area (TPSA) is 73.5 Å². The Kier molecular flexibility index (Phi) is 7.79. The fraction of sp³-hybridized carbons (Fsp3) is 0.391. The molecule has 0 aromatic heterocycles. The lowest BCUT2D eigenvalue weighted by molar-refractivity contribution is -0.117. The van der Waals surface area contributed by atoms with Crippen molar-refractivity contribution in [2.24, 2.45) is 0 Å². The molecule has 1 saturated heterocycles. The highest BCUT2D eigenvalue weighted by atomic mass is 19.1. The molecule has 3 N–H and O–H groups in total. The predicted octanol–water partition coefficient (Wildman–Crippen LogP) is 3.16. The third-order valence-electron chi connectivity index (χ3n) is 5.21. The summed E-state index contributed by atoms with van der Waals surface area (Å²) in [7, 11) is 0. The second kappa shape index (κ2) is 10.7. The van der Waals surface area contributed by atoms with Crippen molar-refractivity contribution in [3.8, 4) is 0 Å². The van der Waals surface area contributed by atoms with Gasteiger partial charge in [-0.1, -0.05) is 36.4 Å². The third kappa shape index (κ3) is 6.84. The van der Waals surface area contributed by atoms with Crippen molar-refractivity contribution in [3.05, 3.63) is 66.0 Å². The number of amides is 3. The van der Waals surface area contributed by atoms with Crippen molar-refractivity contribution in [2.75, 3.05) is 25.0 Å². The number of nitrogens with one attached hydrogen (secondary N) is 3. The largest absolute Gasteiger partial charge is 0.335 e. The van der Waals surface area contributed by atoms with Crippen LogP contribution in [0.4, 0.5) is 14.9 Å². The van der Waals surface area contributed by atoms with Gasteiger partial charge in [0.2, 0.25) is 5.91 Å². The number of nitrogens with zero attached hydrogens (tertiary/aromatic N) is 1. The highest BCUT2D eigenvalue weighted by Gasteiger charge is 2.22. The van der Waals surface area contributed by atoms with Gasteiger partial charge in [0.1, 0.15) is 5.82 Å². The lowest BCUT2D eigenvalue weighted by atomic mass is 10.0. The van der Waals surface area contributed by atoms with Gasteiger partial charge in [0.05, 0.1) is 6.54 Å². The molecule has 1 fully saturated rings. The van der Waals surface area contributed by atoms with Crippen LogP contribution in [0.2, 0.25) is 0 Å². The van der Waals surface area contributed by atoms with E-state index in [1.54, 1.807) is 18.2 Å². The average molecular weight is 413 g/mol. The molecule has 160 valence electrons. The number of hydrogen-bond donors (Lipinski definition) is 3. The lowest BCUT2D eigenvalue weighted by Crippen LogP contribution is -2.50. The Bertz CT molecular complexity index is 838. The molecule has 0 saturated carbocycles. The van der Waals surface area contributed by atoms with Crippen molar-refractivity contribution in [1.29, 1.82) is 0 Å².